The zero-order valence-corrected chi connectivity index (χ0v) is 42.2. The number of aryl methyl sites for hydroxylation is 3. The van der Waals surface area contributed by atoms with Gasteiger partial charge in [-0.05, 0) is 124 Å². The van der Waals surface area contributed by atoms with Crippen LogP contribution in [-0.4, -0.2) is 19.6 Å². The predicted molar refractivity (Wildman–Crippen MR) is 284 cm³/mol. The molecule has 0 saturated carbocycles. The summed E-state index contributed by atoms with van der Waals surface area (Å²) in [6.45, 7) is 11.7. The number of aromatic nitrogens is 3. The topological polar surface area (TPSA) is 50.9 Å². The van der Waals surface area contributed by atoms with Crippen LogP contribution in [0.5, 0.6) is 5.75 Å². The molecule has 1 N–H and O–H groups in total. The second-order valence-corrected chi connectivity index (χ2v) is 19.1. The van der Waals surface area contributed by atoms with Crippen LogP contribution in [-0.2, 0) is 26.5 Å². The molecule has 5 heteroatoms. The van der Waals surface area contributed by atoms with Crippen molar-refractivity contribution in [3.63, 3.8) is 0 Å². The summed E-state index contributed by atoms with van der Waals surface area (Å²) in [6.07, 6.45) is 1.82. The van der Waals surface area contributed by atoms with E-state index in [1.165, 1.54) is 5.56 Å². The van der Waals surface area contributed by atoms with E-state index in [0.29, 0.717) is 33.7 Å². The van der Waals surface area contributed by atoms with Gasteiger partial charge < -0.3 is 5.11 Å². The van der Waals surface area contributed by atoms with E-state index in [0.717, 1.165) is 78.0 Å². The average molecular weight is 1080 g/mol. The molecule has 0 unspecified atom stereocenters. The van der Waals surface area contributed by atoms with Crippen molar-refractivity contribution in [3.05, 3.63) is 216 Å². The maximum Gasteiger partial charge on any atom is 0.148 e. The van der Waals surface area contributed by atoms with Crippen molar-refractivity contribution in [3.8, 4) is 89.7 Å². The van der Waals surface area contributed by atoms with Gasteiger partial charge in [-0.3, -0.25) is 9.55 Å². The first-order valence-electron chi connectivity index (χ1n) is 25.2. The molecule has 0 aliphatic carbocycles. The van der Waals surface area contributed by atoms with Gasteiger partial charge in [-0.25, -0.2) is 4.98 Å². The van der Waals surface area contributed by atoms with E-state index in [9.17, 15) is 5.11 Å². The van der Waals surface area contributed by atoms with Gasteiger partial charge in [0, 0.05) is 44.0 Å². The summed E-state index contributed by atoms with van der Waals surface area (Å²) in [6, 6.07) is 62.5. The molecule has 69 heavy (non-hydrogen) atoms. The Morgan fingerprint density at radius 2 is 1.25 bits per heavy atom. The molecule has 10 rings (SSSR count). The van der Waals surface area contributed by atoms with Crippen molar-refractivity contribution in [2.24, 2.45) is 0 Å². The van der Waals surface area contributed by atoms with E-state index in [1.807, 2.05) is 142 Å². The van der Waals surface area contributed by atoms with Gasteiger partial charge in [0.2, 0.25) is 0 Å². The van der Waals surface area contributed by atoms with Crippen LogP contribution in [0.15, 0.2) is 182 Å². The Labute approximate surface area is 427 Å². The Balaban J connectivity index is 0.00000656. The molecule has 344 valence electrons. The second kappa shape index (κ2) is 19.1. The molecule has 10 aromatic rings. The van der Waals surface area contributed by atoms with Gasteiger partial charge >= 0.3 is 0 Å². The normalized spacial score (nSPS) is 12.7. The molecule has 2 heterocycles. The van der Waals surface area contributed by atoms with Crippen LogP contribution in [0.2, 0.25) is 0 Å². The largest absolute Gasteiger partial charge is 0.507 e. The average Bonchev–Trinajstić information content (AvgIpc) is 3.76. The molecule has 0 amide bonds. The fraction of sp³-hybridized carbons (Fsp3) is 0.156. The first kappa shape index (κ1) is 42.0. The summed E-state index contributed by atoms with van der Waals surface area (Å²) >= 11 is 0. The summed E-state index contributed by atoms with van der Waals surface area (Å²) < 4.78 is 37.6. The fourth-order valence-electron chi connectivity index (χ4n) is 9.29. The van der Waals surface area contributed by atoms with Crippen molar-refractivity contribution < 1.29 is 31.7 Å². The maximum absolute atomic E-state index is 12.0. The van der Waals surface area contributed by atoms with Gasteiger partial charge in [-0.1, -0.05) is 185 Å². The molecule has 8 aromatic carbocycles. The van der Waals surface area contributed by atoms with Crippen LogP contribution >= 0.6 is 0 Å². The molecule has 2 aromatic heterocycles. The van der Waals surface area contributed by atoms with Gasteiger partial charge in [-0.2, -0.15) is 0 Å². The summed E-state index contributed by atoms with van der Waals surface area (Å²) in [5.41, 5.74) is 16.6. The number of para-hydroxylation sites is 1. The van der Waals surface area contributed by atoms with Crippen molar-refractivity contribution in [1.82, 2.24) is 14.5 Å². The zero-order valence-electron chi connectivity index (χ0n) is 43.9. The number of pyridine rings is 1. The Kier molecular flexibility index (Phi) is 11.6. The number of phenolic OH excluding ortho intramolecular Hbond substituents is 1. The molecule has 0 radical (unpaired) electrons. The minimum Gasteiger partial charge on any atom is -0.507 e. The number of fused-ring (bicyclic) bond motifs is 1. The number of hydrogen-bond acceptors (Lipinski definition) is 3. The zero-order chi connectivity index (χ0) is 50.7. The third-order valence-corrected chi connectivity index (χ3v) is 13.0. The van der Waals surface area contributed by atoms with Crippen LogP contribution in [0.4, 0.5) is 0 Å². The van der Waals surface area contributed by atoms with Crippen LogP contribution in [0.25, 0.3) is 95.0 Å². The number of rotatable bonds is 9. The van der Waals surface area contributed by atoms with E-state index >= 15 is 0 Å². The Bertz CT molecular complexity index is 3650. The molecule has 0 fully saturated rings. The number of phenols is 1. The second-order valence-electron chi connectivity index (χ2n) is 19.1. The van der Waals surface area contributed by atoms with Crippen LogP contribution in [0.1, 0.15) is 73.8 Å². The number of hydrogen-bond donors (Lipinski definition) is 1. The van der Waals surface area contributed by atoms with E-state index in [-0.39, 0.29) is 37.8 Å². The molecule has 4 nitrogen and oxygen atoms in total. The number of benzene rings is 8. The first-order chi connectivity index (χ1) is 34.3. The summed E-state index contributed by atoms with van der Waals surface area (Å²) in [5.74, 6) is -0.152. The van der Waals surface area contributed by atoms with Crippen LogP contribution < -0.4 is 0 Å². The first-order valence-corrected chi connectivity index (χ1v) is 23.2. The van der Waals surface area contributed by atoms with E-state index < -0.39 is 12.7 Å². The Morgan fingerprint density at radius 3 is 1.93 bits per heavy atom. The minimum absolute atomic E-state index is 0. The van der Waals surface area contributed by atoms with Crippen LogP contribution in [0.3, 0.4) is 0 Å². The summed E-state index contributed by atoms with van der Waals surface area (Å²) in [5, 5.41) is 12.0. The third kappa shape index (κ3) is 9.27. The van der Waals surface area contributed by atoms with Gasteiger partial charge in [0.25, 0.3) is 0 Å². The Morgan fingerprint density at radius 1 is 0.594 bits per heavy atom. The number of nitrogens with zero attached hydrogens (tertiary/aromatic N) is 3. The summed E-state index contributed by atoms with van der Waals surface area (Å²) in [7, 11) is 0. The molecule has 0 spiro atoms. The number of aromatic hydroxyl groups is 1. The van der Waals surface area contributed by atoms with Crippen molar-refractivity contribution >= 4 is 11.0 Å². The molecular formula is C64H56N3OPt-. The van der Waals surface area contributed by atoms with E-state index in [4.69, 9.17) is 15.5 Å². The molecule has 0 atom stereocenters. The van der Waals surface area contributed by atoms with Crippen molar-refractivity contribution in [1.29, 1.82) is 0 Å². The van der Waals surface area contributed by atoms with Gasteiger partial charge in [0.15, 0.2) is 0 Å². The molecule has 0 bridgehead atoms. The smallest absolute Gasteiger partial charge is 0.148 e. The molecular weight excluding hydrogens is 1020 g/mol. The molecule has 0 aliphatic rings. The molecule has 0 aliphatic heterocycles. The van der Waals surface area contributed by atoms with Gasteiger partial charge in [-0.15, -0.1) is 23.8 Å². The third-order valence-electron chi connectivity index (χ3n) is 13.0. The maximum atomic E-state index is 12.0. The quantitative estimate of drug-likeness (QED) is 0.147. The van der Waals surface area contributed by atoms with E-state index in [1.54, 1.807) is 6.07 Å². The van der Waals surface area contributed by atoms with E-state index in [2.05, 4.69) is 93.6 Å². The fourth-order valence-corrected chi connectivity index (χ4v) is 9.29. The van der Waals surface area contributed by atoms with Crippen molar-refractivity contribution in [2.45, 2.75) is 66.6 Å². The standard InChI is InChI=1S/C64H56N3O.Pt/c1-40(2)44-22-24-46(25-23-44)49-30-31-65-58(38-49)52-36-50(45-16-11-9-12-17-45)35-51(37-52)54-20-15-21-59-61(54)66-63(57-33-41(3)32-43(5)62(57)68)67(59)60-34-42(4)55(47-18-13-10-14-19-47)39-56(60)48-26-28-53(29-27-48)64(6,7)8;/h9-36,38-40,68H,1-8H3;/q-1;/i4D3,40D;. The number of imidazole rings is 1. The van der Waals surface area contributed by atoms with Crippen LogP contribution in [0, 0.1) is 26.8 Å². The van der Waals surface area contributed by atoms with Crippen molar-refractivity contribution in [2.75, 3.05) is 0 Å². The predicted octanol–water partition coefficient (Wildman–Crippen LogP) is 16.9. The summed E-state index contributed by atoms with van der Waals surface area (Å²) in [4.78, 5) is 10.4. The molecule has 0 saturated heterocycles. The minimum atomic E-state index is -2.49. The van der Waals surface area contributed by atoms with Gasteiger partial charge in [0.1, 0.15) is 11.6 Å². The van der Waals surface area contributed by atoms with Gasteiger partial charge in [0.05, 0.1) is 22.3 Å². The Hall–Kier alpha value is -7.13. The SMILES string of the molecule is [2H]C([2H])([2H])c1cc(-n2c(-c3cc(C)cc(C)c3O)nc3c(-c4[c-]c(-c5cc(-c6ccc(C([2H])(C)C)cc6)ccn5)cc(-c5ccccc5)c4)cccc32)c(-c2ccc(C(C)(C)C)cc2)cc1-c1ccccc1.[Pt]. The monoisotopic (exact) mass is 1080 g/mol.